The van der Waals surface area contributed by atoms with Crippen molar-refractivity contribution in [1.82, 2.24) is 4.98 Å². The van der Waals surface area contributed by atoms with Gasteiger partial charge >= 0.3 is 0 Å². The molecule has 1 aromatic heterocycles. The third kappa shape index (κ3) is 3.60. The quantitative estimate of drug-likeness (QED) is 0.828. The molecule has 0 aliphatic heterocycles. The van der Waals surface area contributed by atoms with Gasteiger partial charge in [-0.15, -0.1) is 0 Å². The van der Waals surface area contributed by atoms with Gasteiger partial charge in [0.25, 0.3) is 0 Å². The number of rotatable bonds is 5. The van der Waals surface area contributed by atoms with Crippen LogP contribution in [0.2, 0.25) is 0 Å². The molecule has 0 unspecified atom stereocenters. The zero-order valence-corrected chi connectivity index (χ0v) is 11.0. The van der Waals surface area contributed by atoms with E-state index >= 15 is 0 Å². The van der Waals surface area contributed by atoms with Gasteiger partial charge in [-0.2, -0.15) is 0 Å². The average Bonchev–Trinajstić information content (AvgIpc) is 2.19. The van der Waals surface area contributed by atoms with E-state index in [2.05, 4.69) is 38.7 Å². The van der Waals surface area contributed by atoms with Crippen LogP contribution in [0.3, 0.4) is 0 Å². The summed E-state index contributed by atoms with van der Waals surface area (Å²) in [6.45, 7) is 9.54. The van der Waals surface area contributed by atoms with E-state index in [4.69, 9.17) is 5.73 Å². The zero-order chi connectivity index (χ0) is 12.1. The SMILES string of the molecule is CC(C)Cc1ccnc(CN)c1CC(C)C. The van der Waals surface area contributed by atoms with Crippen molar-refractivity contribution in [3.05, 3.63) is 29.1 Å². The van der Waals surface area contributed by atoms with Gasteiger partial charge in [0, 0.05) is 12.7 Å². The summed E-state index contributed by atoms with van der Waals surface area (Å²) in [6.07, 6.45) is 4.10. The summed E-state index contributed by atoms with van der Waals surface area (Å²) in [7, 11) is 0. The minimum atomic E-state index is 0.550. The molecule has 0 radical (unpaired) electrons. The molecule has 0 saturated heterocycles. The Kier molecular flexibility index (Phi) is 4.94. The van der Waals surface area contributed by atoms with Gasteiger partial charge in [0.15, 0.2) is 0 Å². The van der Waals surface area contributed by atoms with Crippen LogP contribution in [0.15, 0.2) is 12.3 Å². The van der Waals surface area contributed by atoms with Gasteiger partial charge in [-0.25, -0.2) is 0 Å². The molecule has 0 aromatic carbocycles. The molecular weight excluding hydrogens is 196 g/mol. The van der Waals surface area contributed by atoms with Gasteiger partial charge in [0.1, 0.15) is 0 Å². The Balaban J connectivity index is 3.04. The summed E-state index contributed by atoms with van der Waals surface area (Å²) in [5.41, 5.74) is 9.65. The molecule has 0 aliphatic carbocycles. The van der Waals surface area contributed by atoms with Gasteiger partial charge in [0.05, 0.1) is 5.69 Å². The number of hydrogen-bond acceptors (Lipinski definition) is 2. The highest BCUT2D eigenvalue weighted by Crippen LogP contribution is 2.19. The van der Waals surface area contributed by atoms with Crippen molar-refractivity contribution < 1.29 is 0 Å². The van der Waals surface area contributed by atoms with Crippen LogP contribution in [0.25, 0.3) is 0 Å². The summed E-state index contributed by atoms with van der Waals surface area (Å²) < 4.78 is 0. The summed E-state index contributed by atoms with van der Waals surface area (Å²) >= 11 is 0. The maximum atomic E-state index is 5.76. The Morgan fingerprint density at radius 3 is 2.25 bits per heavy atom. The van der Waals surface area contributed by atoms with Crippen molar-refractivity contribution in [3.8, 4) is 0 Å². The molecule has 0 bridgehead atoms. The first-order valence-electron chi connectivity index (χ1n) is 6.20. The topological polar surface area (TPSA) is 38.9 Å². The van der Waals surface area contributed by atoms with E-state index in [1.807, 2.05) is 6.20 Å². The summed E-state index contributed by atoms with van der Waals surface area (Å²) in [5, 5.41) is 0. The molecule has 1 rings (SSSR count). The molecule has 2 heteroatoms. The minimum absolute atomic E-state index is 0.550. The molecule has 2 N–H and O–H groups in total. The molecule has 1 heterocycles. The lowest BCUT2D eigenvalue weighted by molar-refractivity contribution is 0.608. The van der Waals surface area contributed by atoms with Gasteiger partial charge < -0.3 is 5.73 Å². The van der Waals surface area contributed by atoms with Gasteiger partial charge in [0.2, 0.25) is 0 Å². The van der Waals surface area contributed by atoms with Crippen molar-refractivity contribution >= 4 is 0 Å². The number of nitrogens with two attached hydrogens (primary N) is 1. The van der Waals surface area contributed by atoms with E-state index in [0.29, 0.717) is 18.4 Å². The molecule has 1 aromatic rings. The van der Waals surface area contributed by atoms with Crippen molar-refractivity contribution in [2.75, 3.05) is 0 Å². The van der Waals surface area contributed by atoms with E-state index in [0.717, 1.165) is 18.5 Å². The van der Waals surface area contributed by atoms with E-state index in [9.17, 15) is 0 Å². The van der Waals surface area contributed by atoms with Crippen LogP contribution in [0.5, 0.6) is 0 Å². The highest BCUT2D eigenvalue weighted by molar-refractivity contribution is 5.31. The molecule has 0 fully saturated rings. The smallest absolute Gasteiger partial charge is 0.0574 e. The first-order valence-corrected chi connectivity index (χ1v) is 6.20. The van der Waals surface area contributed by atoms with Crippen molar-refractivity contribution in [2.45, 2.75) is 47.1 Å². The second-order valence-corrected chi connectivity index (χ2v) is 5.30. The maximum Gasteiger partial charge on any atom is 0.0574 e. The Morgan fingerprint density at radius 1 is 1.12 bits per heavy atom. The third-order valence-electron chi connectivity index (χ3n) is 2.68. The predicted octanol–water partition coefficient (Wildman–Crippen LogP) is 2.94. The molecule has 0 spiro atoms. The highest BCUT2D eigenvalue weighted by Gasteiger charge is 2.11. The molecule has 16 heavy (non-hydrogen) atoms. The van der Waals surface area contributed by atoms with Crippen LogP contribution in [-0.2, 0) is 19.4 Å². The van der Waals surface area contributed by atoms with Gasteiger partial charge in [-0.3, -0.25) is 4.98 Å². The Morgan fingerprint density at radius 2 is 1.75 bits per heavy atom. The first-order chi connectivity index (χ1) is 7.54. The minimum Gasteiger partial charge on any atom is -0.325 e. The van der Waals surface area contributed by atoms with Crippen LogP contribution < -0.4 is 5.73 Å². The Bertz CT molecular complexity index is 330. The predicted molar refractivity (Wildman–Crippen MR) is 69.2 cm³/mol. The van der Waals surface area contributed by atoms with Crippen LogP contribution in [0, 0.1) is 11.8 Å². The molecule has 0 aliphatic rings. The van der Waals surface area contributed by atoms with Crippen molar-refractivity contribution in [3.63, 3.8) is 0 Å². The zero-order valence-electron chi connectivity index (χ0n) is 11.0. The number of hydrogen-bond donors (Lipinski definition) is 1. The lowest BCUT2D eigenvalue weighted by Crippen LogP contribution is -2.11. The molecular formula is C14H24N2. The van der Waals surface area contributed by atoms with E-state index in [1.165, 1.54) is 11.1 Å². The fourth-order valence-electron chi connectivity index (χ4n) is 2.05. The Labute approximate surface area is 99.3 Å². The number of aromatic nitrogens is 1. The van der Waals surface area contributed by atoms with Crippen LogP contribution in [0.1, 0.15) is 44.5 Å². The van der Waals surface area contributed by atoms with Crippen LogP contribution in [-0.4, -0.2) is 4.98 Å². The van der Waals surface area contributed by atoms with Crippen molar-refractivity contribution in [2.24, 2.45) is 17.6 Å². The molecule has 2 nitrogen and oxygen atoms in total. The molecule has 0 saturated carbocycles. The average molecular weight is 220 g/mol. The largest absolute Gasteiger partial charge is 0.325 e. The lowest BCUT2D eigenvalue weighted by atomic mass is 9.92. The first kappa shape index (κ1) is 13.2. The fourth-order valence-corrected chi connectivity index (χ4v) is 2.05. The molecule has 0 atom stereocenters. The summed E-state index contributed by atoms with van der Waals surface area (Å²) in [5.74, 6) is 1.33. The normalized spacial score (nSPS) is 11.4. The lowest BCUT2D eigenvalue weighted by Gasteiger charge is -2.16. The van der Waals surface area contributed by atoms with Crippen LogP contribution in [0.4, 0.5) is 0 Å². The maximum absolute atomic E-state index is 5.76. The van der Waals surface area contributed by atoms with E-state index in [-0.39, 0.29) is 0 Å². The molecule has 90 valence electrons. The van der Waals surface area contributed by atoms with E-state index in [1.54, 1.807) is 0 Å². The Hall–Kier alpha value is -0.890. The molecule has 0 amide bonds. The fraction of sp³-hybridized carbons (Fsp3) is 0.643. The number of nitrogens with zero attached hydrogens (tertiary/aromatic N) is 1. The van der Waals surface area contributed by atoms with Crippen molar-refractivity contribution in [1.29, 1.82) is 0 Å². The van der Waals surface area contributed by atoms with Gasteiger partial charge in [-0.1, -0.05) is 27.7 Å². The second kappa shape index (κ2) is 6.00. The second-order valence-electron chi connectivity index (χ2n) is 5.30. The van der Waals surface area contributed by atoms with E-state index < -0.39 is 0 Å². The number of pyridine rings is 1. The highest BCUT2D eigenvalue weighted by atomic mass is 14.7. The third-order valence-corrected chi connectivity index (χ3v) is 2.68. The standard InChI is InChI=1S/C14H24N2/c1-10(2)7-12-5-6-16-14(9-15)13(12)8-11(3)4/h5-6,10-11H,7-9,15H2,1-4H3. The van der Waals surface area contributed by atoms with Gasteiger partial charge in [-0.05, 0) is 41.9 Å². The summed E-state index contributed by atoms with van der Waals surface area (Å²) in [6, 6.07) is 2.15. The monoisotopic (exact) mass is 220 g/mol. The summed E-state index contributed by atoms with van der Waals surface area (Å²) in [4.78, 5) is 4.39. The van der Waals surface area contributed by atoms with Crippen LogP contribution >= 0.6 is 0 Å².